The minimum absolute atomic E-state index is 0.00911. The minimum atomic E-state index is -1.60. The number of unbranched alkanes of at least 4 members (excludes halogenated alkanes) is 1. The van der Waals surface area contributed by atoms with Crippen molar-refractivity contribution in [3.63, 3.8) is 0 Å². The van der Waals surface area contributed by atoms with Crippen LogP contribution in [0.4, 0.5) is 0 Å². The van der Waals surface area contributed by atoms with E-state index in [-0.39, 0.29) is 10.7 Å². The maximum atomic E-state index is 12.1. The summed E-state index contributed by atoms with van der Waals surface area (Å²) in [5.74, 6) is 0. The quantitative estimate of drug-likeness (QED) is 0.153. The first-order valence-electron chi connectivity index (χ1n) is 7.52. The predicted molar refractivity (Wildman–Crippen MR) is 100.0 cm³/mol. The Morgan fingerprint density at radius 2 is 1.70 bits per heavy atom. The predicted octanol–water partition coefficient (Wildman–Crippen LogP) is 7.15. The van der Waals surface area contributed by atoms with Gasteiger partial charge in [-0.25, -0.2) is 0 Å². The van der Waals surface area contributed by atoms with Crippen LogP contribution in [0.3, 0.4) is 0 Å². The molecule has 0 spiro atoms. The van der Waals surface area contributed by atoms with Crippen molar-refractivity contribution in [2.24, 2.45) is 0 Å². The van der Waals surface area contributed by atoms with Crippen LogP contribution >= 0.6 is 55.8 Å². The lowest BCUT2D eigenvalue weighted by atomic mass is 10.1. The molecule has 2 nitrogen and oxygen atoms in total. The second-order valence-corrected chi connectivity index (χ2v) is 10.3. The van der Waals surface area contributed by atoms with Crippen LogP contribution in [0.2, 0.25) is 0 Å². The van der Waals surface area contributed by atoms with Gasteiger partial charge in [0.15, 0.2) is 0 Å². The normalized spacial score (nSPS) is 16.8. The van der Waals surface area contributed by atoms with Crippen LogP contribution in [0.5, 0.6) is 0 Å². The van der Waals surface area contributed by atoms with Crippen LogP contribution in [0.15, 0.2) is 0 Å². The fraction of sp³-hybridized carbons (Fsp3) is 1.00. The number of hydrogen-bond donors (Lipinski definition) is 0. The van der Waals surface area contributed by atoms with E-state index in [0.29, 0.717) is 4.83 Å². The summed E-state index contributed by atoms with van der Waals surface area (Å²) in [6.45, 7) is 4.29. The third kappa shape index (κ3) is 11.1. The average Bonchev–Trinajstić information content (AvgIpc) is 2.45. The van der Waals surface area contributed by atoms with E-state index in [1.54, 1.807) is 0 Å². The topological polar surface area (TPSA) is 26.3 Å². The van der Waals surface area contributed by atoms with Crippen LogP contribution in [-0.2, 0) is 9.09 Å². The highest BCUT2D eigenvalue weighted by molar-refractivity contribution is 9.10. The van der Waals surface area contributed by atoms with Gasteiger partial charge in [-0.15, -0.1) is 4.52 Å². The second-order valence-electron chi connectivity index (χ2n) is 4.98. The van der Waals surface area contributed by atoms with Gasteiger partial charge in [0.2, 0.25) is 4.57 Å². The molecule has 0 aliphatic rings. The van der Waals surface area contributed by atoms with Gasteiger partial charge in [0.1, 0.15) is 6.10 Å². The van der Waals surface area contributed by atoms with Gasteiger partial charge in [-0.05, 0) is 65.4 Å². The highest BCUT2D eigenvalue weighted by Gasteiger charge is 2.32. The van der Waals surface area contributed by atoms with E-state index in [4.69, 9.17) is 4.52 Å². The molecule has 20 heavy (non-hydrogen) atoms. The molecule has 0 aliphatic carbocycles. The molecule has 0 fully saturated rings. The Morgan fingerprint density at radius 3 is 2.25 bits per heavy atom. The van der Waals surface area contributed by atoms with Gasteiger partial charge in [0.05, 0.1) is 0 Å². The number of rotatable bonds is 13. The van der Waals surface area contributed by atoms with Crippen molar-refractivity contribution in [2.75, 3.05) is 5.33 Å². The molecule has 0 bridgehead atoms. The lowest BCUT2D eigenvalue weighted by Gasteiger charge is -2.11. The van der Waals surface area contributed by atoms with E-state index in [1.165, 1.54) is 0 Å². The van der Waals surface area contributed by atoms with Crippen molar-refractivity contribution in [3.05, 3.63) is 0 Å². The van der Waals surface area contributed by atoms with Gasteiger partial charge in [-0.1, -0.05) is 45.7 Å². The van der Waals surface area contributed by atoms with Crippen LogP contribution in [0.1, 0.15) is 65.2 Å². The molecule has 6 heteroatoms. The van der Waals surface area contributed by atoms with Crippen LogP contribution in [0.25, 0.3) is 0 Å². The van der Waals surface area contributed by atoms with E-state index < -0.39 is 8.03 Å². The summed E-state index contributed by atoms with van der Waals surface area (Å²) in [5.41, 5.74) is 0. The van der Waals surface area contributed by atoms with Gasteiger partial charge in [0.25, 0.3) is 0 Å². The second kappa shape index (κ2) is 14.1. The molecule has 0 aromatic rings. The molecule has 0 radical (unpaired) electrons. The lowest BCUT2D eigenvalue weighted by Crippen LogP contribution is -2.10. The Bertz CT molecular complexity index is 255. The molecule has 0 aromatic carbocycles. The minimum Gasteiger partial charge on any atom is -0.142 e. The number of alkyl halides is 3. The Morgan fingerprint density at radius 1 is 1.00 bits per heavy atom. The Hall–Kier alpha value is 1.50. The van der Waals surface area contributed by atoms with Gasteiger partial charge >= 0.3 is 8.03 Å². The summed E-state index contributed by atoms with van der Waals surface area (Å²) < 4.78 is 17.9. The van der Waals surface area contributed by atoms with Crippen molar-refractivity contribution in [2.45, 2.75) is 80.7 Å². The molecule has 4 unspecified atom stereocenters. The van der Waals surface area contributed by atoms with E-state index in [2.05, 4.69) is 61.6 Å². The summed E-state index contributed by atoms with van der Waals surface area (Å²) in [6, 6.07) is 0. The highest BCUT2D eigenvalue weighted by atomic mass is 79.9. The third-order valence-electron chi connectivity index (χ3n) is 3.25. The molecule has 0 rings (SSSR count). The molecule has 4 atom stereocenters. The lowest BCUT2D eigenvalue weighted by molar-refractivity contribution is 0.194. The summed E-state index contributed by atoms with van der Waals surface area (Å²) in [6.07, 6.45) is 8.61. The fourth-order valence-electron chi connectivity index (χ4n) is 1.83. The summed E-state index contributed by atoms with van der Waals surface area (Å²) in [5, 5.41) is 1.01. The summed E-state index contributed by atoms with van der Waals surface area (Å²) in [4.78, 5) is 0.599. The highest BCUT2D eigenvalue weighted by Crippen LogP contribution is 2.39. The fourth-order valence-corrected chi connectivity index (χ4v) is 4.24. The molecule has 0 aromatic heterocycles. The summed E-state index contributed by atoms with van der Waals surface area (Å²) in [7, 11) is -1.60. The monoisotopic (exact) mass is 495 g/mol. The molecule has 0 saturated heterocycles. The Kier molecular flexibility index (Phi) is 15.2. The van der Waals surface area contributed by atoms with E-state index in [9.17, 15) is 4.57 Å². The van der Waals surface area contributed by atoms with E-state index in [1.807, 2.05) is 0 Å². The number of hydrogen-bond acceptors (Lipinski definition) is 2. The van der Waals surface area contributed by atoms with Gasteiger partial charge in [-0.3, -0.25) is 0 Å². The Labute approximate surface area is 150 Å². The Balaban J connectivity index is 3.92. The zero-order chi connectivity index (χ0) is 15.4. The SMILES string of the molecule is CCC(Br)CCCC(CC)O[P+](=O)C(Br)CCCCBr. The zero-order valence-electron chi connectivity index (χ0n) is 12.5. The number of halogens is 3. The van der Waals surface area contributed by atoms with Crippen molar-refractivity contribution in [1.29, 1.82) is 0 Å². The molecule has 0 saturated carbocycles. The molecular weight excluding hydrogens is 471 g/mol. The van der Waals surface area contributed by atoms with Gasteiger partial charge in [-0.2, -0.15) is 0 Å². The molecule has 0 amide bonds. The summed E-state index contributed by atoms with van der Waals surface area (Å²) >= 11 is 10.6. The third-order valence-corrected chi connectivity index (χ3v) is 7.60. The largest absolute Gasteiger partial charge is 0.523 e. The van der Waals surface area contributed by atoms with Gasteiger partial charge in [0, 0.05) is 16.6 Å². The van der Waals surface area contributed by atoms with E-state index in [0.717, 1.165) is 56.7 Å². The first kappa shape index (κ1) is 21.5. The maximum Gasteiger partial charge on any atom is 0.523 e. The van der Waals surface area contributed by atoms with Crippen LogP contribution in [-0.4, -0.2) is 20.8 Å². The standard InChI is InChI=1S/C14H27Br3O2P/c1-3-12(16)8-7-9-13(4-2)19-20(18)14(17)10-5-6-11-15/h12-14H,3-11H2,1-2H3/q+1. The van der Waals surface area contributed by atoms with Crippen molar-refractivity contribution >= 4 is 55.8 Å². The van der Waals surface area contributed by atoms with Crippen molar-refractivity contribution in [1.82, 2.24) is 0 Å². The first-order chi connectivity index (χ1) is 9.54. The van der Waals surface area contributed by atoms with E-state index >= 15 is 0 Å². The molecule has 0 aliphatic heterocycles. The molecule has 0 N–H and O–H groups in total. The van der Waals surface area contributed by atoms with Crippen molar-refractivity contribution < 1.29 is 9.09 Å². The van der Waals surface area contributed by atoms with Crippen LogP contribution < -0.4 is 0 Å². The van der Waals surface area contributed by atoms with Crippen LogP contribution in [0, 0.1) is 0 Å². The zero-order valence-corrected chi connectivity index (χ0v) is 18.1. The van der Waals surface area contributed by atoms with Gasteiger partial charge < -0.3 is 0 Å². The van der Waals surface area contributed by atoms with Crippen molar-refractivity contribution in [3.8, 4) is 0 Å². The molecule has 120 valence electrons. The molecule has 0 heterocycles. The first-order valence-corrected chi connectivity index (χ1v) is 11.7. The maximum absolute atomic E-state index is 12.1. The molecular formula is C14H27Br3O2P+. The smallest absolute Gasteiger partial charge is 0.142 e. The average molecular weight is 498 g/mol.